The number of imidazole rings is 1. The van der Waals surface area contributed by atoms with Crippen LogP contribution in [0.2, 0.25) is 0 Å². The molecular weight excluding hydrogens is 326 g/mol. The second-order valence-electron chi connectivity index (χ2n) is 6.57. The molecule has 3 aromatic rings. The number of amides is 1. The first-order chi connectivity index (χ1) is 12.7. The van der Waals surface area contributed by atoms with Crippen molar-refractivity contribution in [2.24, 2.45) is 0 Å². The van der Waals surface area contributed by atoms with Crippen molar-refractivity contribution < 1.29 is 4.79 Å². The third kappa shape index (κ3) is 3.10. The number of aryl methyl sites for hydroxylation is 1. The van der Waals surface area contributed by atoms with Crippen LogP contribution in [0.4, 0.5) is 0 Å². The van der Waals surface area contributed by atoms with Crippen molar-refractivity contribution in [1.82, 2.24) is 24.4 Å². The quantitative estimate of drug-likeness (QED) is 0.731. The molecule has 0 saturated carbocycles. The molecule has 0 unspecified atom stereocenters. The van der Waals surface area contributed by atoms with Gasteiger partial charge in [0.25, 0.3) is 5.91 Å². The van der Waals surface area contributed by atoms with Crippen molar-refractivity contribution in [3.05, 3.63) is 72.2 Å². The van der Waals surface area contributed by atoms with Gasteiger partial charge in [0.05, 0.1) is 5.69 Å². The fourth-order valence-electron chi connectivity index (χ4n) is 3.56. The molecule has 4 rings (SSSR count). The second-order valence-corrected chi connectivity index (χ2v) is 6.57. The summed E-state index contributed by atoms with van der Waals surface area (Å²) in [6.07, 6.45) is 9.05. The summed E-state index contributed by atoms with van der Waals surface area (Å²) < 4.78 is 1.96. The Morgan fingerprint density at radius 2 is 1.88 bits per heavy atom. The highest BCUT2D eigenvalue weighted by Gasteiger charge is 2.28. The maximum absolute atomic E-state index is 12.8. The molecule has 1 aliphatic heterocycles. The number of benzene rings is 1. The summed E-state index contributed by atoms with van der Waals surface area (Å²) >= 11 is 0. The van der Waals surface area contributed by atoms with Crippen molar-refractivity contribution >= 4 is 5.91 Å². The maximum Gasteiger partial charge on any atom is 0.253 e. The highest BCUT2D eigenvalue weighted by molar-refractivity contribution is 5.94. The van der Waals surface area contributed by atoms with Gasteiger partial charge in [0.1, 0.15) is 5.82 Å². The molecular formula is C20H21N5O. The van der Waals surface area contributed by atoms with Crippen molar-refractivity contribution in [3.63, 3.8) is 0 Å². The van der Waals surface area contributed by atoms with Gasteiger partial charge >= 0.3 is 0 Å². The van der Waals surface area contributed by atoms with Crippen LogP contribution in [0.25, 0.3) is 5.82 Å². The van der Waals surface area contributed by atoms with Crippen molar-refractivity contribution in [2.45, 2.75) is 25.7 Å². The van der Waals surface area contributed by atoms with E-state index in [0.29, 0.717) is 6.54 Å². The SMILES string of the molecule is Cc1nccn1-c1nccnc1[C@H]1CCCN(C(=O)c2ccccc2)C1. The zero-order chi connectivity index (χ0) is 17.9. The average Bonchev–Trinajstić information content (AvgIpc) is 3.14. The normalized spacial score (nSPS) is 17.3. The number of likely N-dealkylation sites (tertiary alicyclic amines) is 1. The van der Waals surface area contributed by atoms with E-state index in [1.807, 2.05) is 52.9 Å². The number of aromatic nitrogens is 4. The molecule has 0 N–H and O–H groups in total. The summed E-state index contributed by atoms with van der Waals surface area (Å²) in [6.45, 7) is 3.39. The largest absolute Gasteiger partial charge is 0.338 e. The smallest absolute Gasteiger partial charge is 0.253 e. The van der Waals surface area contributed by atoms with Crippen LogP contribution in [0.1, 0.15) is 40.6 Å². The van der Waals surface area contributed by atoms with E-state index in [1.165, 1.54) is 0 Å². The predicted octanol–water partition coefficient (Wildman–Crippen LogP) is 2.99. The fraction of sp³-hybridized carbons (Fsp3) is 0.300. The van der Waals surface area contributed by atoms with Gasteiger partial charge in [-0.25, -0.2) is 9.97 Å². The first-order valence-corrected chi connectivity index (χ1v) is 8.89. The number of carbonyl (C=O) groups excluding carboxylic acids is 1. The Morgan fingerprint density at radius 3 is 2.65 bits per heavy atom. The fourth-order valence-corrected chi connectivity index (χ4v) is 3.56. The van der Waals surface area contributed by atoms with Gasteiger partial charge in [-0.05, 0) is 31.9 Å². The Bertz CT molecular complexity index is 905. The van der Waals surface area contributed by atoms with E-state index >= 15 is 0 Å². The Labute approximate surface area is 152 Å². The second kappa shape index (κ2) is 7.07. The Balaban J connectivity index is 1.61. The molecule has 1 aliphatic rings. The van der Waals surface area contributed by atoms with Crippen LogP contribution in [0, 0.1) is 6.92 Å². The summed E-state index contributed by atoms with van der Waals surface area (Å²) in [5, 5.41) is 0. The summed E-state index contributed by atoms with van der Waals surface area (Å²) in [4.78, 5) is 28.2. The lowest BCUT2D eigenvalue weighted by atomic mass is 9.93. The molecule has 3 heterocycles. The van der Waals surface area contributed by atoms with Crippen LogP contribution in [0.3, 0.4) is 0 Å². The molecule has 1 aromatic carbocycles. The van der Waals surface area contributed by atoms with E-state index in [1.54, 1.807) is 18.6 Å². The molecule has 2 aromatic heterocycles. The van der Waals surface area contributed by atoms with Crippen LogP contribution >= 0.6 is 0 Å². The highest BCUT2D eigenvalue weighted by Crippen LogP contribution is 2.29. The van der Waals surface area contributed by atoms with Crippen LogP contribution in [-0.4, -0.2) is 43.4 Å². The molecule has 6 nitrogen and oxygen atoms in total. The Hall–Kier alpha value is -3.02. The lowest BCUT2D eigenvalue weighted by Crippen LogP contribution is -2.39. The minimum absolute atomic E-state index is 0.0829. The number of rotatable bonds is 3. The third-order valence-electron chi connectivity index (χ3n) is 4.88. The predicted molar refractivity (Wildman–Crippen MR) is 98.2 cm³/mol. The van der Waals surface area contributed by atoms with Gasteiger partial charge in [0.2, 0.25) is 0 Å². The van der Waals surface area contributed by atoms with E-state index in [2.05, 4.69) is 15.0 Å². The molecule has 1 amide bonds. The molecule has 0 radical (unpaired) electrons. The lowest BCUT2D eigenvalue weighted by Gasteiger charge is -2.33. The van der Waals surface area contributed by atoms with E-state index < -0.39 is 0 Å². The Kier molecular flexibility index (Phi) is 4.48. The van der Waals surface area contributed by atoms with E-state index in [-0.39, 0.29) is 11.8 Å². The van der Waals surface area contributed by atoms with Crippen molar-refractivity contribution in [2.75, 3.05) is 13.1 Å². The van der Waals surface area contributed by atoms with Gasteiger partial charge in [-0.15, -0.1) is 0 Å². The van der Waals surface area contributed by atoms with Crippen LogP contribution < -0.4 is 0 Å². The number of hydrogen-bond donors (Lipinski definition) is 0. The van der Waals surface area contributed by atoms with Gasteiger partial charge in [0, 0.05) is 49.4 Å². The number of carbonyl (C=O) groups is 1. The zero-order valence-corrected chi connectivity index (χ0v) is 14.7. The molecule has 132 valence electrons. The maximum atomic E-state index is 12.8. The van der Waals surface area contributed by atoms with Crippen molar-refractivity contribution in [3.8, 4) is 5.82 Å². The van der Waals surface area contributed by atoms with Gasteiger partial charge in [-0.2, -0.15) is 0 Å². The number of nitrogens with zero attached hydrogens (tertiary/aromatic N) is 5. The lowest BCUT2D eigenvalue weighted by molar-refractivity contribution is 0.0705. The molecule has 26 heavy (non-hydrogen) atoms. The topological polar surface area (TPSA) is 63.9 Å². The number of piperidine rings is 1. The summed E-state index contributed by atoms with van der Waals surface area (Å²) in [7, 11) is 0. The van der Waals surface area contributed by atoms with E-state index in [9.17, 15) is 4.79 Å². The highest BCUT2D eigenvalue weighted by atomic mass is 16.2. The monoisotopic (exact) mass is 347 g/mol. The van der Waals surface area contributed by atoms with Crippen LogP contribution in [-0.2, 0) is 0 Å². The minimum Gasteiger partial charge on any atom is -0.338 e. The Morgan fingerprint density at radius 1 is 1.08 bits per heavy atom. The minimum atomic E-state index is 0.0829. The van der Waals surface area contributed by atoms with Gasteiger partial charge in [-0.3, -0.25) is 14.3 Å². The molecule has 0 spiro atoms. The molecule has 1 fully saturated rings. The van der Waals surface area contributed by atoms with Gasteiger partial charge in [-0.1, -0.05) is 18.2 Å². The van der Waals surface area contributed by atoms with Gasteiger partial charge < -0.3 is 4.90 Å². The van der Waals surface area contributed by atoms with E-state index in [0.717, 1.165) is 42.3 Å². The molecule has 1 saturated heterocycles. The molecule has 0 aliphatic carbocycles. The van der Waals surface area contributed by atoms with E-state index in [4.69, 9.17) is 0 Å². The third-order valence-corrected chi connectivity index (χ3v) is 4.88. The average molecular weight is 347 g/mol. The van der Waals surface area contributed by atoms with Crippen LogP contribution in [0.15, 0.2) is 55.1 Å². The molecule has 1 atom stereocenters. The van der Waals surface area contributed by atoms with Gasteiger partial charge in [0.15, 0.2) is 5.82 Å². The molecule has 6 heteroatoms. The summed E-state index contributed by atoms with van der Waals surface area (Å²) in [5.74, 6) is 1.93. The summed E-state index contributed by atoms with van der Waals surface area (Å²) in [6, 6.07) is 9.46. The molecule has 0 bridgehead atoms. The first kappa shape index (κ1) is 16.4. The number of hydrogen-bond acceptors (Lipinski definition) is 4. The zero-order valence-electron chi connectivity index (χ0n) is 14.7. The summed E-state index contributed by atoms with van der Waals surface area (Å²) in [5.41, 5.74) is 1.66. The van der Waals surface area contributed by atoms with Crippen LogP contribution in [0.5, 0.6) is 0 Å². The first-order valence-electron chi connectivity index (χ1n) is 8.89. The standard InChI is InChI=1S/C20H21N5O/c1-15-21-11-13-25(15)19-18(22-9-10-23-19)17-8-5-12-24(14-17)20(26)16-6-3-2-4-7-16/h2-4,6-7,9-11,13,17H,5,8,12,14H2,1H3/t17-/m0/s1. The van der Waals surface area contributed by atoms with Crippen molar-refractivity contribution in [1.29, 1.82) is 0 Å².